The predicted octanol–water partition coefficient (Wildman–Crippen LogP) is 1.92. The summed E-state index contributed by atoms with van der Waals surface area (Å²) < 4.78 is 10.1. The van der Waals surface area contributed by atoms with Gasteiger partial charge in [-0.2, -0.15) is 0 Å². The van der Waals surface area contributed by atoms with Crippen LogP contribution in [0.3, 0.4) is 0 Å². The summed E-state index contributed by atoms with van der Waals surface area (Å²) in [5, 5.41) is 0. The third-order valence-corrected chi connectivity index (χ3v) is 2.21. The van der Waals surface area contributed by atoms with Gasteiger partial charge in [-0.15, -0.1) is 0 Å². The molecule has 0 heterocycles. The Morgan fingerprint density at radius 1 is 1.50 bits per heavy atom. The van der Waals surface area contributed by atoms with E-state index in [1.807, 2.05) is 0 Å². The van der Waals surface area contributed by atoms with Crippen LogP contribution in [0, 0.1) is 5.92 Å². The summed E-state index contributed by atoms with van der Waals surface area (Å²) in [5.74, 6) is 0.518. The van der Waals surface area contributed by atoms with E-state index in [-0.39, 0.29) is 5.97 Å². The van der Waals surface area contributed by atoms with E-state index in [2.05, 4.69) is 6.58 Å². The lowest BCUT2D eigenvalue weighted by Crippen LogP contribution is -2.12. The van der Waals surface area contributed by atoms with E-state index in [0.717, 1.165) is 18.9 Å². The molecule has 3 nitrogen and oxygen atoms in total. The molecule has 0 aliphatic heterocycles. The SMILES string of the molecule is C=C(COCCC1CC1)C(=O)OCC. The van der Waals surface area contributed by atoms with Crippen molar-refractivity contribution in [3.05, 3.63) is 12.2 Å². The zero-order valence-corrected chi connectivity index (χ0v) is 8.75. The zero-order valence-electron chi connectivity index (χ0n) is 8.75. The third-order valence-electron chi connectivity index (χ3n) is 2.21. The van der Waals surface area contributed by atoms with Crippen molar-refractivity contribution in [2.24, 2.45) is 5.92 Å². The van der Waals surface area contributed by atoms with E-state index in [1.54, 1.807) is 6.92 Å². The van der Waals surface area contributed by atoms with Crippen LogP contribution in [-0.2, 0) is 14.3 Å². The predicted molar refractivity (Wildman–Crippen MR) is 53.9 cm³/mol. The first kappa shape index (κ1) is 11.2. The number of rotatable bonds is 7. The minimum absolute atomic E-state index is 0.297. The fourth-order valence-corrected chi connectivity index (χ4v) is 1.14. The van der Waals surface area contributed by atoms with Gasteiger partial charge in [0.15, 0.2) is 0 Å². The zero-order chi connectivity index (χ0) is 10.4. The van der Waals surface area contributed by atoms with E-state index in [1.165, 1.54) is 12.8 Å². The summed E-state index contributed by atoms with van der Waals surface area (Å²) in [6.07, 6.45) is 3.78. The van der Waals surface area contributed by atoms with Gasteiger partial charge in [-0.25, -0.2) is 4.79 Å². The molecule has 80 valence electrons. The normalized spacial score (nSPS) is 15.2. The van der Waals surface area contributed by atoms with Crippen molar-refractivity contribution < 1.29 is 14.3 Å². The van der Waals surface area contributed by atoms with Crippen LogP contribution in [-0.4, -0.2) is 25.8 Å². The quantitative estimate of drug-likeness (QED) is 0.356. The van der Waals surface area contributed by atoms with E-state index in [9.17, 15) is 4.79 Å². The molecule has 0 aromatic heterocycles. The standard InChI is InChI=1S/C11H18O3/c1-3-14-11(12)9(2)8-13-7-6-10-4-5-10/h10H,2-8H2,1H3. The van der Waals surface area contributed by atoms with Crippen LogP contribution in [0.2, 0.25) is 0 Å². The second-order valence-electron chi connectivity index (χ2n) is 3.61. The minimum atomic E-state index is -0.348. The number of carbonyl (C=O) groups excluding carboxylic acids is 1. The Balaban J connectivity index is 1.98. The Morgan fingerprint density at radius 2 is 2.21 bits per heavy atom. The lowest BCUT2D eigenvalue weighted by atomic mass is 10.3. The average molecular weight is 198 g/mol. The highest BCUT2D eigenvalue weighted by atomic mass is 16.5. The van der Waals surface area contributed by atoms with Crippen molar-refractivity contribution in [1.29, 1.82) is 0 Å². The first-order chi connectivity index (χ1) is 6.74. The number of hydrogen-bond acceptors (Lipinski definition) is 3. The van der Waals surface area contributed by atoms with Gasteiger partial charge in [-0.05, 0) is 19.3 Å². The molecule has 0 unspecified atom stereocenters. The van der Waals surface area contributed by atoms with Gasteiger partial charge in [-0.3, -0.25) is 0 Å². The third kappa shape index (κ3) is 4.42. The second kappa shape index (κ2) is 5.81. The molecule has 0 atom stereocenters. The van der Waals surface area contributed by atoms with Gasteiger partial charge in [0.25, 0.3) is 0 Å². The summed E-state index contributed by atoms with van der Waals surface area (Å²) in [6, 6.07) is 0. The van der Waals surface area contributed by atoms with E-state index in [4.69, 9.17) is 9.47 Å². The van der Waals surface area contributed by atoms with E-state index < -0.39 is 0 Å². The molecule has 14 heavy (non-hydrogen) atoms. The molecule has 1 rings (SSSR count). The Labute approximate surface area is 85.1 Å². The summed E-state index contributed by atoms with van der Waals surface area (Å²) >= 11 is 0. The monoisotopic (exact) mass is 198 g/mol. The largest absolute Gasteiger partial charge is 0.463 e. The van der Waals surface area contributed by atoms with Gasteiger partial charge in [0.05, 0.1) is 18.8 Å². The van der Waals surface area contributed by atoms with Crippen molar-refractivity contribution in [2.45, 2.75) is 26.2 Å². The van der Waals surface area contributed by atoms with Crippen LogP contribution >= 0.6 is 0 Å². The number of esters is 1. The average Bonchev–Trinajstić information content (AvgIpc) is 2.96. The molecular weight excluding hydrogens is 180 g/mol. The maximum atomic E-state index is 11.1. The number of hydrogen-bond donors (Lipinski definition) is 0. The molecule has 1 aliphatic carbocycles. The summed E-state index contributed by atoms with van der Waals surface area (Å²) in [5.41, 5.74) is 0.405. The Bertz CT molecular complexity index is 207. The molecule has 0 radical (unpaired) electrons. The van der Waals surface area contributed by atoms with E-state index in [0.29, 0.717) is 18.8 Å². The Hall–Kier alpha value is -0.830. The molecule has 0 N–H and O–H groups in total. The molecular formula is C11H18O3. The molecule has 1 fully saturated rings. The Kier molecular flexibility index (Phi) is 4.66. The maximum absolute atomic E-state index is 11.1. The van der Waals surface area contributed by atoms with Crippen LogP contribution in [0.1, 0.15) is 26.2 Å². The molecule has 1 saturated carbocycles. The van der Waals surface area contributed by atoms with Crippen LogP contribution in [0.4, 0.5) is 0 Å². The first-order valence-corrected chi connectivity index (χ1v) is 5.16. The van der Waals surface area contributed by atoms with Crippen molar-refractivity contribution in [3.63, 3.8) is 0 Å². The van der Waals surface area contributed by atoms with Gasteiger partial charge >= 0.3 is 5.97 Å². The molecule has 0 aromatic carbocycles. The first-order valence-electron chi connectivity index (χ1n) is 5.16. The summed E-state index contributed by atoms with van der Waals surface area (Å²) in [6.45, 7) is 6.79. The highest BCUT2D eigenvalue weighted by Gasteiger charge is 2.20. The van der Waals surface area contributed by atoms with Crippen molar-refractivity contribution in [1.82, 2.24) is 0 Å². The minimum Gasteiger partial charge on any atom is -0.463 e. The summed E-state index contributed by atoms with van der Waals surface area (Å²) in [4.78, 5) is 11.1. The lowest BCUT2D eigenvalue weighted by Gasteiger charge is -2.05. The van der Waals surface area contributed by atoms with E-state index >= 15 is 0 Å². The molecule has 0 bridgehead atoms. The topological polar surface area (TPSA) is 35.5 Å². The maximum Gasteiger partial charge on any atom is 0.335 e. The van der Waals surface area contributed by atoms with Gasteiger partial charge < -0.3 is 9.47 Å². The van der Waals surface area contributed by atoms with Crippen molar-refractivity contribution >= 4 is 5.97 Å². The number of ether oxygens (including phenoxy) is 2. The molecule has 3 heteroatoms. The number of carbonyl (C=O) groups is 1. The van der Waals surface area contributed by atoms with Crippen LogP contribution in [0.25, 0.3) is 0 Å². The van der Waals surface area contributed by atoms with Crippen LogP contribution < -0.4 is 0 Å². The Morgan fingerprint density at radius 3 is 2.79 bits per heavy atom. The van der Waals surface area contributed by atoms with Gasteiger partial charge in [0.1, 0.15) is 0 Å². The lowest BCUT2D eigenvalue weighted by molar-refractivity contribution is -0.139. The highest BCUT2D eigenvalue weighted by molar-refractivity contribution is 5.87. The summed E-state index contributed by atoms with van der Waals surface area (Å²) in [7, 11) is 0. The fourth-order valence-electron chi connectivity index (χ4n) is 1.14. The molecule has 0 aromatic rings. The van der Waals surface area contributed by atoms with Crippen molar-refractivity contribution in [2.75, 3.05) is 19.8 Å². The van der Waals surface area contributed by atoms with Gasteiger partial charge in [-0.1, -0.05) is 19.4 Å². The molecule has 0 spiro atoms. The van der Waals surface area contributed by atoms with Crippen LogP contribution in [0.5, 0.6) is 0 Å². The molecule has 0 amide bonds. The second-order valence-corrected chi connectivity index (χ2v) is 3.61. The van der Waals surface area contributed by atoms with Gasteiger partial charge in [0, 0.05) is 6.61 Å². The molecule has 0 saturated heterocycles. The van der Waals surface area contributed by atoms with Crippen molar-refractivity contribution in [3.8, 4) is 0 Å². The smallest absolute Gasteiger partial charge is 0.335 e. The molecule has 1 aliphatic rings. The fraction of sp³-hybridized carbons (Fsp3) is 0.727. The highest BCUT2D eigenvalue weighted by Crippen LogP contribution is 2.32. The van der Waals surface area contributed by atoms with Crippen LogP contribution in [0.15, 0.2) is 12.2 Å². The van der Waals surface area contributed by atoms with Gasteiger partial charge in [0.2, 0.25) is 0 Å².